The lowest BCUT2D eigenvalue weighted by molar-refractivity contribution is -0.890. The zero-order valence-electron chi connectivity index (χ0n) is 16.6. The lowest BCUT2D eigenvalue weighted by Crippen LogP contribution is -2.41. The number of hydrogen-bond acceptors (Lipinski definition) is 4. The first-order valence-electron chi connectivity index (χ1n) is 9.24. The average Bonchev–Trinajstić information content (AvgIpc) is 2.52. The summed E-state index contributed by atoms with van der Waals surface area (Å²) in [7, 11) is 0.241. The fourth-order valence-corrected chi connectivity index (χ4v) is 3.49. The van der Waals surface area contributed by atoms with Gasteiger partial charge in [0, 0.05) is 13.0 Å². The van der Waals surface area contributed by atoms with Crippen molar-refractivity contribution in [1.82, 2.24) is 0 Å². The van der Waals surface area contributed by atoms with Gasteiger partial charge in [-0.1, -0.05) is 51.0 Å². The van der Waals surface area contributed by atoms with Gasteiger partial charge in [0.2, 0.25) is 0 Å². The SMILES string of the molecule is CC1C=CC=CC1(C)S(=O)(=O)[O-].CCCCCC[N+](C)(C)CCCO. The maximum Gasteiger partial charge on any atom is 0.104 e. The Morgan fingerprint density at radius 3 is 2.16 bits per heavy atom. The fourth-order valence-electron chi connectivity index (χ4n) is 2.71. The van der Waals surface area contributed by atoms with E-state index in [-0.39, 0.29) is 5.92 Å². The Hall–Kier alpha value is -0.690. The molecule has 148 valence electrons. The minimum atomic E-state index is -4.26. The van der Waals surface area contributed by atoms with Crippen LogP contribution in [0.5, 0.6) is 0 Å². The Kier molecular flexibility index (Phi) is 10.8. The third kappa shape index (κ3) is 8.99. The molecule has 1 N–H and O–H groups in total. The van der Waals surface area contributed by atoms with E-state index in [4.69, 9.17) is 5.11 Å². The zero-order chi connectivity index (χ0) is 19.6. The molecule has 0 spiro atoms. The third-order valence-electron chi connectivity index (χ3n) is 4.92. The second-order valence-corrected chi connectivity index (χ2v) is 9.48. The predicted octanol–water partition coefficient (Wildman–Crippen LogP) is 3.08. The van der Waals surface area contributed by atoms with Crippen molar-refractivity contribution in [3.05, 3.63) is 24.3 Å². The van der Waals surface area contributed by atoms with Gasteiger partial charge in [0.15, 0.2) is 0 Å². The smallest absolute Gasteiger partial charge is 0.104 e. The molecule has 6 heteroatoms. The highest BCUT2D eigenvalue weighted by Gasteiger charge is 2.34. The topological polar surface area (TPSA) is 77.4 Å². The molecule has 0 saturated heterocycles. The quantitative estimate of drug-likeness (QED) is 0.382. The minimum absolute atomic E-state index is 0.259. The third-order valence-corrected chi connectivity index (χ3v) is 6.50. The molecule has 2 atom stereocenters. The van der Waals surface area contributed by atoms with Gasteiger partial charge in [-0.25, -0.2) is 8.42 Å². The minimum Gasteiger partial charge on any atom is -0.747 e. The molecule has 0 radical (unpaired) electrons. The summed E-state index contributed by atoms with van der Waals surface area (Å²) in [5, 5.41) is 8.73. The summed E-state index contributed by atoms with van der Waals surface area (Å²) in [6.45, 7) is 8.08. The summed E-state index contributed by atoms with van der Waals surface area (Å²) >= 11 is 0. The molecule has 2 unspecified atom stereocenters. The van der Waals surface area contributed by atoms with Crippen molar-refractivity contribution in [2.24, 2.45) is 5.92 Å². The van der Waals surface area contributed by atoms with Gasteiger partial charge in [0.25, 0.3) is 0 Å². The molecule has 0 aliphatic heterocycles. The van der Waals surface area contributed by atoms with Crippen molar-refractivity contribution in [2.75, 3.05) is 33.8 Å². The molecule has 0 aromatic rings. The summed E-state index contributed by atoms with van der Waals surface area (Å²) in [5.74, 6) is -0.259. The van der Waals surface area contributed by atoms with E-state index in [1.165, 1.54) is 45.2 Å². The molecular weight excluding hydrogens is 338 g/mol. The Labute approximate surface area is 154 Å². The molecule has 0 amide bonds. The molecule has 0 saturated carbocycles. The lowest BCUT2D eigenvalue weighted by atomic mass is 9.91. The summed E-state index contributed by atoms with van der Waals surface area (Å²) in [5.41, 5.74) is 0. The zero-order valence-corrected chi connectivity index (χ0v) is 17.4. The van der Waals surface area contributed by atoms with Crippen molar-refractivity contribution in [3.8, 4) is 0 Å². The Balaban J connectivity index is 0.000000462. The lowest BCUT2D eigenvalue weighted by Gasteiger charge is -2.35. The van der Waals surface area contributed by atoms with Gasteiger partial charge < -0.3 is 14.1 Å². The summed E-state index contributed by atoms with van der Waals surface area (Å²) < 4.78 is 32.4. The molecule has 0 fully saturated rings. The van der Waals surface area contributed by atoms with Gasteiger partial charge in [-0.2, -0.15) is 0 Å². The molecule has 0 aromatic carbocycles. The largest absolute Gasteiger partial charge is 0.747 e. The second kappa shape index (κ2) is 11.1. The van der Waals surface area contributed by atoms with Gasteiger partial charge in [-0.05, 0) is 25.7 Å². The van der Waals surface area contributed by atoms with Crippen LogP contribution in [0.4, 0.5) is 0 Å². The molecule has 1 aliphatic carbocycles. The number of aliphatic hydroxyl groups is 1. The highest BCUT2D eigenvalue weighted by atomic mass is 32.2. The van der Waals surface area contributed by atoms with E-state index in [9.17, 15) is 13.0 Å². The first kappa shape index (κ1) is 24.3. The number of hydrogen-bond donors (Lipinski definition) is 1. The molecule has 0 aromatic heterocycles. The normalized spacial score (nSPS) is 23.2. The molecule has 0 heterocycles. The first-order chi connectivity index (χ1) is 11.5. The maximum absolute atomic E-state index is 10.9. The van der Waals surface area contributed by atoms with Gasteiger partial charge in [0.1, 0.15) is 10.1 Å². The van der Waals surface area contributed by atoms with E-state index >= 15 is 0 Å². The number of allylic oxidation sites excluding steroid dienone is 3. The maximum atomic E-state index is 10.9. The van der Waals surface area contributed by atoms with Crippen molar-refractivity contribution in [3.63, 3.8) is 0 Å². The van der Waals surface area contributed by atoms with Crippen LogP contribution >= 0.6 is 0 Å². The van der Waals surface area contributed by atoms with E-state index in [1.807, 2.05) is 0 Å². The van der Waals surface area contributed by atoms with Crippen LogP contribution in [0.25, 0.3) is 0 Å². The van der Waals surface area contributed by atoms with Crippen LogP contribution in [-0.4, -0.2) is 61.1 Å². The Bertz CT molecular complexity index is 526. The number of nitrogens with zero attached hydrogens (tertiary/aromatic N) is 1. The van der Waals surface area contributed by atoms with Gasteiger partial charge in [0.05, 0.1) is 31.9 Å². The van der Waals surface area contributed by atoms with Crippen molar-refractivity contribution >= 4 is 10.1 Å². The van der Waals surface area contributed by atoms with E-state index in [2.05, 4.69) is 21.0 Å². The van der Waals surface area contributed by atoms with Gasteiger partial charge in [-0.15, -0.1) is 0 Å². The monoisotopic (exact) mass is 375 g/mol. The molecule has 1 aliphatic rings. The Morgan fingerprint density at radius 2 is 1.72 bits per heavy atom. The summed E-state index contributed by atoms with van der Waals surface area (Å²) in [6.07, 6.45) is 12.8. The number of aliphatic hydroxyl groups excluding tert-OH is 1. The van der Waals surface area contributed by atoms with Crippen LogP contribution in [0.2, 0.25) is 0 Å². The van der Waals surface area contributed by atoms with E-state index in [1.54, 1.807) is 25.2 Å². The average molecular weight is 376 g/mol. The van der Waals surface area contributed by atoms with Crippen LogP contribution in [-0.2, 0) is 10.1 Å². The highest BCUT2D eigenvalue weighted by Crippen LogP contribution is 2.30. The Morgan fingerprint density at radius 1 is 1.12 bits per heavy atom. The van der Waals surface area contributed by atoms with E-state index in [0.717, 1.165) is 17.4 Å². The molecule has 5 nitrogen and oxygen atoms in total. The van der Waals surface area contributed by atoms with Crippen LogP contribution in [0.1, 0.15) is 52.9 Å². The first-order valence-corrected chi connectivity index (χ1v) is 10.7. The molecule has 0 bridgehead atoms. The second-order valence-electron chi connectivity index (χ2n) is 7.69. The predicted molar refractivity (Wildman–Crippen MR) is 103 cm³/mol. The van der Waals surface area contributed by atoms with Crippen molar-refractivity contribution in [2.45, 2.75) is 57.6 Å². The van der Waals surface area contributed by atoms with Crippen LogP contribution < -0.4 is 0 Å². The standard InChI is InChI=1S/C11H26NO.C8H12O3S/c1-4-5-6-7-9-12(2,3)10-8-11-13;1-7-5-3-4-6-8(7,2)12(9,10)11/h13H,4-11H2,1-3H3;3-7H,1-2H3,(H,9,10,11)/q+1;/p-1. The van der Waals surface area contributed by atoms with Crippen LogP contribution in [0.15, 0.2) is 24.3 Å². The molecular formula is C19H37NO4S. The van der Waals surface area contributed by atoms with Gasteiger partial charge in [-0.3, -0.25) is 0 Å². The highest BCUT2D eigenvalue weighted by molar-refractivity contribution is 7.87. The number of unbranched alkanes of at least 4 members (excludes halogenated alkanes) is 3. The number of quaternary nitrogens is 1. The van der Waals surface area contributed by atoms with E-state index < -0.39 is 14.9 Å². The summed E-state index contributed by atoms with van der Waals surface area (Å²) in [6, 6.07) is 0. The number of rotatable bonds is 9. The summed E-state index contributed by atoms with van der Waals surface area (Å²) in [4.78, 5) is 0. The fraction of sp³-hybridized carbons (Fsp3) is 0.789. The molecule has 1 rings (SSSR count). The van der Waals surface area contributed by atoms with Crippen LogP contribution in [0, 0.1) is 5.92 Å². The van der Waals surface area contributed by atoms with Gasteiger partial charge >= 0.3 is 0 Å². The molecule has 25 heavy (non-hydrogen) atoms. The van der Waals surface area contributed by atoms with E-state index in [0.29, 0.717) is 6.61 Å². The van der Waals surface area contributed by atoms with Crippen molar-refractivity contribution < 1.29 is 22.6 Å². The van der Waals surface area contributed by atoms with Crippen molar-refractivity contribution in [1.29, 1.82) is 0 Å². The van der Waals surface area contributed by atoms with Crippen LogP contribution in [0.3, 0.4) is 0 Å².